The average Bonchev–Trinajstić information content (AvgIpc) is 2.89. The van der Waals surface area contributed by atoms with Gasteiger partial charge in [0, 0.05) is 39.8 Å². The molecule has 0 bridgehead atoms. The van der Waals surface area contributed by atoms with E-state index in [1.54, 1.807) is 11.9 Å². The van der Waals surface area contributed by atoms with Crippen molar-refractivity contribution in [2.45, 2.75) is 12.8 Å². The van der Waals surface area contributed by atoms with Crippen LogP contribution in [0.1, 0.15) is 22.5 Å². The van der Waals surface area contributed by atoms with Gasteiger partial charge < -0.3 is 20.9 Å². The number of aromatic nitrogens is 1. The highest BCUT2D eigenvalue weighted by atomic mass is 32.1. The number of amides is 1. The van der Waals surface area contributed by atoms with Crippen molar-refractivity contribution in [1.82, 2.24) is 15.2 Å². The van der Waals surface area contributed by atoms with Gasteiger partial charge >= 0.3 is 0 Å². The molecule has 1 aliphatic rings. The van der Waals surface area contributed by atoms with Crippen LogP contribution in [0.2, 0.25) is 0 Å². The molecule has 0 spiro atoms. The number of rotatable bonds is 6. The minimum Gasteiger partial charge on any atom is -0.382 e. The summed E-state index contributed by atoms with van der Waals surface area (Å²) < 4.78 is 0. The van der Waals surface area contributed by atoms with E-state index in [0.29, 0.717) is 17.2 Å². The first kappa shape index (κ1) is 15.8. The molecular formula is C14H23N5OS. The van der Waals surface area contributed by atoms with E-state index >= 15 is 0 Å². The first-order valence-corrected chi connectivity index (χ1v) is 8.03. The molecule has 21 heavy (non-hydrogen) atoms. The van der Waals surface area contributed by atoms with Crippen LogP contribution in [0.25, 0.3) is 0 Å². The number of hydrogen-bond donors (Lipinski definition) is 2. The van der Waals surface area contributed by atoms with E-state index in [-0.39, 0.29) is 5.91 Å². The fourth-order valence-electron chi connectivity index (χ4n) is 2.21. The maximum absolute atomic E-state index is 12.4. The maximum atomic E-state index is 12.4. The minimum absolute atomic E-state index is 0.0459. The number of nitrogens with one attached hydrogen (secondary N) is 1. The van der Waals surface area contributed by atoms with Crippen molar-refractivity contribution in [2.24, 2.45) is 0 Å². The van der Waals surface area contributed by atoms with Crippen LogP contribution in [-0.4, -0.2) is 55.6 Å². The second-order valence-electron chi connectivity index (χ2n) is 5.11. The number of carbonyl (C=O) groups excluding carboxylic acids is 1. The fraction of sp³-hybridized carbons (Fsp3) is 0.571. The Labute approximate surface area is 129 Å². The second kappa shape index (κ2) is 7.42. The molecule has 2 rings (SSSR count). The maximum Gasteiger partial charge on any atom is 0.267 e. The van der Waals surface area contributed by atoms with Crippen molar-refractivity contribution in [1.29, 1.82) is 0 Å². The number of piperazine rings is 1. The Morgan fingerprint density at radius 2 is 2.29 bits per heavy atom. The largest absolute Gasteiger partial charge is 0.382 e. The van der Waals surface area contributed by atoms with Gasteiger partial charge in [-0.2, -0.15) is 0 Å². The number of anilines is 2. The summed E-state index contributed by atoms with van der Waals surface area (Å²) in [4.78, 5) is 21.2. The van der Waals surface area contributed by atoms with E-state index in [2.05, 4.69) is 21.8 Å². The zero-order chi connectivity index (χ0) is 15.2. The van der Waals surface area contributed by atoms with Gasteiger partial charge in [-0.25, -0.2) is 4.98 Å². The third-order valence-electron chi connectivity index (χ3n) is 3.47. The summed E-state index contributed by atoms with van der Waals surface area (Å²) in [6.07, 6.45) is 3.68. The van der Waals surface area contributed by atoms with Crippen LogP contribution in [0.3, 0.4) is 0 Å². The normalized spacial score (nSPS) is 15.0. The predicted molar refractivity (Wildman–Crippen MR) is 88.0 cm³/mol. The first-order chi connectivity index (χ1) is 10.1. The summed E-state index contributed by atoms with van der Waals surface area (Å²) in [6, 6.07) is 0. The van der Waals surface area contributed by atoms with Crippen LogP contribution in [0.5, 0.6) is 0 Å². The molecule has 3 N–H and O–H groups in total. The monoisotopic (exact) mass is 309 g/mol. The minimum atomic E-state index is -0.0459. The van der Waals surface area contributed by atoms with E-state index in [1.165, 1.54) is 11.3 Å². The molecular weight excluding hydrogens is 286 g/mol. The lowest BCUT2D eigenvalue weighted by Gasteiger charge is -2.26. The van der Waals surface area contributed by atoms with Gasteiger partial charge in [0.2, 0.25) is 0 Å². The molecule has 1 saturated heterocycles. The van der Waals surface area contributed by atoms with E-state index in [1.807, 2.05) is 6.08 Å². The third kappa shape index (κ3) is 3.95. The van der Waals surface area contributed by atoms with Gasteiger partial charge in [-0.3, -0.25) is 4.79 Å². The number of nitrogens with zero attached hydrogens (tertiary/aromatic N) is 3. The summed E-state index contributed by atoms with van der Waals surface area (Å²) in [6.45, 7) is 8.05. The van der Waals surface area contributed by atoms with Gasteiger partial charge in [-0.1, -0.05) is 17.4 Å². The molecule has 1 amide bonds. The molecule has 0 aliphatic carbocycles. The lowest BCUT2D eigenvalue weighted by atomic mass is 10.3. The average molecular weight is 309 g/mol. The summed E-state index contributed by atoms with van der Waals surface area (Å²) in [5.41, 5.74) is 5.93. The van der Waals surface area contributed by atoms with Crippen molar-refractivity contribution >= 4 is 28.2 Å². The quantitative estimate of drug-likeness (QED) is 0.609. The fourth-order valence-corrected chi connectivity index (χ4v) is 3.24. The molecule has 6 nitrogen and oxygen atoms in total. The first-order valence-electron chi connectivity index (χ1n) is 7.21. The summed E-state index contributed by atoms with van der Waals surface area (Å²) >= 11 is 1.39. The molecule has 0 atom stereocenters. The van der Waals surface area contributed by atoms with E-state index < -0.39 is 0 Å². The summed E-state index contributed by atoms with van der Waals surface area (Å²) in [5, 5.41) is 4.14. The summed E-state index contributed by atoms with van der Waals surface area (Å²) in [7, 11) is 1.80. The lowest BCUT2D eigenvalue weighted by molar-refractivity contribution is 0.0799. The van der Waals surface area contributed by atoms with Crippen molar-refractivity contribution in [2.75, 3.05) is 50.4 Å². The molecule has 1 fully saturated rings. The van der Waals surface area contributed by atoms with Crippen molar-refractivity contribution in [3.63, 3.8) is 0 Å². The molecule has 0 aromatic carbocycles. The highest BCUT2D eigenvalue weighted by molar-refractivity contribution is 7.18. The molecule has 1 aliphatic heterocycles. The van der Waals surface area contributed by atoms with Crippen molar-refractivity contribution < 1.29 is 4.79 Å². The molecule has 1 aromatic rings. The van der Waals surface area contributed by atoms with E-state index in [0.717, 1.165) is 44.2 Å². The van der Waals surface area contributed by atoms with Gasteiger partial charge in [-0.15, -0.1) is 6.58 Å². The van der Waals surface area contributed by atoms with Crippen LogP contribution in [-0.2, 0) is 0 Å². The lowest BCUT2D eigenvalue weighted by Crippen LogP contribution is -2.43. The number of allylic oxidation sites excluding steroid dienone is 1. The number of nitrogen functional groups attached to an aromatic ring is 1. The SMILES string of the molecule is C=CCCCN(C)C(=O)c1sc(N2CCNCC2)nc1N. The molecule has 7 heteroatoms. The number of thiazole rings is 1. The highest BCUT2D eigenvalue weighted by Crippen LogP contribution is 2.29. The second-order valence-corrected chi connectivity index (χ2v) is 6.08. The van der Waals surface area contributed by atoms with Gasteiger partial charge in [0.1, 0.15) is 10.7 Å². The number of hydrogen-bond acceptors (Lipinski definition) is 6. The topological polar surface area (TPSA) is 74.5 Å². The molecule has 0 unspecified atom stereocenters. The highest BCUT2D eigenvalue weighted by Gasteiger charge is 2.22. The number of nitrogens with two attached hydrogens (primary N) is 1. The van der Waals surface area contributed by atoms with Gasteiger partial charge in [-0.05, 0) is 12.8 Å². The van der Waals surface area contributed by atoms with Gasteiger partial charge in [0.25, 0.3) is 5.91 Å². The molecule has 0 saturated carbocycles. The van der Waals surface area contributed by atoms with Crippen LogP contribution >= 0.6 is 11.3 Å². The Hall–Kier alpha value is -1.60. The zero-order valence-electron chi connectivity index (χ0n) is 12.5. The summed E-state index contributed by atoms with van der Waals surface area (Å²) in [5.74, 6) is 0.296. The predicted octanol–water partition coefficient (Wildman–Crippen LogP) is 1.17. The number of unbranched alkanes of at least 4 members (excludes halogenated alkanes) is 1. The van der Waals surface area contributed by atoms with Crippen molar-refractivity contribution in [3.8, 4) is 0 Å². The van der Waals surface area contributed by atoms with Gasteiger partial charge in [0.15, 0.2) is 5.13 Å². The van der Waals surface area contributed by atoms with Crippen LogP contribution in [0, 0.1) is 0 Å². The van der Waals surface area contributed by atoms with E-state index in [9.17, 15) is 4.79 Å². The van der Waals surface area contributed by atoms with Crippen LogP contribution < -0.4 is 16.0 Å². The molecule has 116 valence electrons. The zero-order valence-corrected chi connectivity index (χ0v) is 13.3. The van der Waals surface area contributed by atoms with E-state index in [4.69, 9.17) is 5.73 Å². The molecule has 2 heterocycles. The molecule has 1 aromatic heterocycles. The van der Waals surface area contributed by atoms with Crippen LogP contribution in [0.15, 0.2) is 12.7 Å². The Balaban J connectivity index is 2.03. The Bertz CT molecular complexity index is 496. The third-order valence-corrected chi connectivity index (χ3v) is 4.59. The van der Waals surface area contributed by atoms with Gasteiger partial charge in [0.05, 0.1) is 0 Å². The number of carbonyl (C=O) groups is 1. The van der Waals surface area contributed by atoms with Crippen LogP contribution in [0.4, 0.5) is 10.9 Å². The van der Waals surface area contributed by atoms with Crippen molar-refractivity contribution in [3.05, 3.63) is 17.5 Å². The standard InChI is InChI=1S/C14H23N5OS/c1-3-4-5-8-18(2)13(20)11-12(15)17-14(21-11)19-9-6-16-7-10-19/h3,16H,1,4-10,15H2,2H3. The Morgan fingerprint density at radius 1 is 1.57 bits per heavy atom. The smallest absolute Gasteiger partial charge is 0.267 e. The molecule has 0 radical (unpaired) electrons. The Morgan fingerprint density at radius 3 is 2.95 bits per heavy atom. The Kier molecular flexibility index (Phi) is 5.58.